The monoisotopic (exact) mass is 226 g/mol. The van der Waals surface area contributed by atoms with Crippen LogP contribution in [0.4, 0.5) is 0 Å². The summed E-state index contributed by atoms with van der Waals surface area (Å²) >= 11 is 0. The molecule has 1 atom stereocenters. The second-order valence-corrected chi connectivity index (χ2v) is 5.31. The first kappa shape index (κ1) is 11.9. The van der Waals surface area contributed by atoms with Crippen molar-refractivity contribution in [3.63, 3.8) is 0 Å². The molecule has 92 valence electrons. The number of nitrogens with two attached hydrogens (primary N) is 1. The molecule has 1 aliphatic carbocycles. The number of carbonyl (C=O) groups is 1. The average Bonchev–Trinajstić information content (AvgIpc) is 2.85. The van der Waals surface area contributed by atoms with Gasteiger partial charge in [0.1, 0.15) is 0 Å². The van der Waals surface area contributed by atoms with Gasteiger partial charge in [-0.15, -0.1) is 0 Å². The van der Waals surface area contributed by atoms with Crippen LogP contribution in [0, 0.1) is 0 Å². The van der Waals surface area contributed by atoms with Gasteiger partial charge in [-0.3, -0.25) is 4.79 Å². The fourth-order valence-corrected chi connectivity index (χ4v) is 3.01. The number of carbonyl (C=O) groups excluding carboxylic acids is 1. The topological polar surface area (TPSA) is 66.6 Å². The molecule has 1 amide bonds. The SMILES string of the molecule is NC1(CC(=O)N2CCC[C@@H]2CO)CCCC1. The minimum atomic E-state index is -0.264. The van der Waals surface area contributed by atoms with Gasteiger partial charge >= 0.3 is 0 Å². The van der Waals surface area contributed by atoms with E-state index in [0.29, 0.717) is 6.42 Å². The minimum Gasteiger partial charge on any atom is -0.394 e. The summed E-state index contributed by atoms with van der Waals surface area (Å²) in [5.74, 6) is 0.140. The highest BCUT2D eigenvalue weighted by molar-refractivity contribution is 5.78. The summed E-state index contributed by atoms with van der Waals surface area (Å²) in [7, 11) is 0. The Balaban J connectivity index is 1.92. The highest BCUT2D eigenvalue weighted by Crippen LogP contribution is 2.31. The molecule has 4 nitrogen and oxygen atoms in total. The predicted molar refractivity (Wildman–Crippen MR) is 61.8 cm³/mol. The van der Waals surface area contributed by atoms with E-state index < -0.39 is 0 Å². The van der Waals surface area contributed by atoms with Crippen LogP contribution in [0.5, 0.6) is 0 Å². The molecular weight excluding hydrogens is 204 g/mol. The Morgan fingerprint density at radius 2 is 2.06 bits per heavy atom. The summed E-state index contributed by atoms with van der Waals surface area (Å²) in [6.07, 6.45) is 6.63. The fraction of sp³-hybridized carbons (Fsp3) is 0.917. The molecule has 0 bridgehead atoms. The quantitative estimate of drug-likeness (QED) is 0.742. The molecule has 2 fully saturated rings. The van der Waals surface area contributed by atoms with E-state index >= 15 is 0 Å². The van der Waals surface area contributed by atoms with Crippen molar-refractivity contribution < 1.29 is 9.90 Å². The normalized spacial score (nSPS) is 28.6. The van der Waals surface area contributed by atoms with E-state index in [2.05, 4.69) is 0 Å². The molecule has 0 spiro atoms. The van der Waals surface area contributed by atoms with Crippen LogP contribution in [-0.4, -0.2) is 40.6 Å². The van der Waals surface area contributed by atoms with Gasteiger partial charge in [0.05, 0.1) is 12.6 Å². The van der Waals surface area contributed by atoms with Crippen molar-refractivity contribution >= 4 is 5.91 Å². The molecule has 4 heteroatoms. The van der Waals surface area contributed by atoms with E-state index in [0.717, 1.165) is 45.1 Å². The van der Waals surface area contributed by atoms with Gasteiger partial charge in [-0.05, 0) is 25.7 Å². The van der Waals surface area contributed by atoms with E-state index in [9.17, 15) is 9.90 Å². The van der Waals surface area contributed by atoms with Crippen molar-refractivity contribution in [2.75, 3.05) is 13.2 Å². The van der Waals surface area contributed by atoms with Gasteiger partial charge in [0.2, 0.25) is 5.91 Å². The highest BCUT2D eigenvalue weighted by atomic mass is 16.3. The lowest BCUT2D eigenvalue weighted by atomic mass is 9.94. The maximum atomic E-state index is 12.1. The molecule has 2 rings (SSSR count). The molecule has 1 aliphatic heterocycles. The van der Waals surface area contributed by atoms with Gasteiger partial charge in [-0.25, -0.2) is 0 Å². The van der Waals surface area contributed by atoms with Crippen LogP contribution in [0.25, 0.3) is 0 Å². The van der Waals surface area contributed by atoms with Crippen molar-refractivity contribution in [2.24, 2.45) is 5.73 Å². The third kappa shape index (κ3) is 2.38. The lowest BCUT2D eigenvalue weighted by Crippen LogP contribution is -2.45. The Morgan fingerprint density at radius 3 is 2.69 bits per heavy atom. The molecule has 0 unspecified atom stereocenters. The summed E-state index contributed by atoms with van der Waals surface area (Å²) in [4.78, 5) is 13.9. The molecule has 2 aliphatic rings. The molecule has 0 aromatic carbocycles. The highest BCUT2D eigenvalue weighted by Gasteiger charge is 2.36. The lowest BCUT2D eigenvalue weighted by molar-refractivity contribution is -0.134. The summed E-state index contributed by atoms with van der Waals surface area (Å²) in [5.41, 5.74) is 5.94. The van der Waals surface area contributed by atoms with E-state index in [1.807, 2.05) is 4.90 Å². The molecular formula is C12H22N2O2. The van der Waals surface area contributed by atoms with E-state index in [1.54, 1.807) is 0 Å². The number of hydrogen-bond donors (Lipinski definition) is 2. The van der Waals surface area contributed by atoms with Crippen molar-refractivity contribution in [3.05, 3.63) is 0 Å². The van der Waals surface area contributed by atoms with Crippen molar-refractivity contribution in [3.8, 4) is 0 Å². The standard InChI is InChI=1S/C12H22N2O2/c13-12(5-1-2-6-12)8-11(16)14-7-3-4-10(14)9-15/h10,15H,1-9,13H2/t10-/m1/s1. The molecule has 1 heterocycles. The van der Waals surface area contributed by atoms with Crippen LogP contribution in [0.15, 0.2) is 0 Å². The Hall–Kier alpha value is -0.610. The van der Waals surface area contributed by atoms with Gasteiger partial charge in [0.15, 0.2) is 0 Å². The number of rotatable bonds is 3. The predicted octanol–water partition coefficient (Wildman–Crippen LogP) is 0.631. The first-order chi connectivity index (χ1) is 7.64. The third-order valence-electron chi connectivity index (χ3n) is 4.01. The molecule has 0 aromatic heterocycles. The second-order valence-electron chi connectivity index (χ2n) is 5.31. The van der Waals surface area contributed by atoms with Crippen molar-refractivity contribution in [1.82, 2.24) is 4.90 Å². The summed E-state index contributed by atoms with van der Waals surface area (Å²) in [6, 6.07) is 0.0394. The van der Waals surface area contributed by atoms with E-state index in [1.165, 1.54) is 0 Å². The molecule has 0 radical (unpaired) electrons. The summed E-state index contributed by atoms with van der Waals surface area (Å²) < 4.78 is 0. The summed E-state index contributed by atoms with van der Waals surface area (Å²) in [5, 5.41) is 9.19. The molecule has 3 N–H and O–H groups in total. The zero-order valence-corrected chi connectivity index (χ0v) is 9.82. The fourth-order valence-electron chi connectivity index (χ4n) is 3.01. The van der Waals surface area contributed by atoms with E-state index in [-0.39, 0.29) is 24.1 Å². The molecule has 0 aromatic rings. The zero-order valence-electron chi connectivity index (χ0n) is 9.82. The van der Waals surface area contributed by atoms with Crippen LogP contribution in [0.1, 0.15) is 44.9 Å². The Bertz CT molecular complexity index is 262. The smallest absolute Gasteiger partial charge is 0.224 e. The largest absolute Gasteiger partial charge is 0.394 e. The number of aliphatic hydroxyl groups excluding tert-OH is 1. The molecule has 16 heavy (non-hydrogen) atoms. The second kappa shape index (κ2) is 4.72. The minimum absolute atomic E-state index is 0.0394. The first-order valence-electron chi connectivity index (χ1n) is 6.34. The number of likely N-dealkylation sites (tertiary alicyclic amines) is 1. The number of aliphatic hydroxyl groups is 1. The number of amides is 1. The van der Waals surface area contributed by atoms with Crippen LogP contribution >= 0.6 is 0 Å². The van der Waals surface area contributed by atoms with Gasteiger partial charge in [0, 0.05) is 18.5 Å². The van der Waals surface area contributed by atoms with Gasteiger partial charge in [-0.2, -0.15) is 0 Å². The van der Waals surface area contributed by atoms with Gasteiger partial charge in [0.25, 0.3) is 0 Å². The first-order valence-corrected chi connectivity index (χ1v) is 6.34. The van der Waals surface area contributed by atoms with Crippen molar-refractivity contribution in [1.29, 1.82) is 0 Å². The van der Waals surface area contributed by atoms with E-state index in [4.69, 9.17) is 5.73 Å². The van der Waals surface area contributed by atoms with Crippen LogP contribution in [-0.2, 0) is 4.79 Å². The molecule has 1 saturated heterocycles. The maximum Gasteiger partial charge on any atom is 0.224 e. The number of nitrogens with zero attached hydrogens (tertiary/aromatic N) is 1. The van der Waals surface area contributed by atoms with Crippen LogP contribution in [0.2, 0.25) is 0 Å². The Kier molecular flexibility index (Phi) is 3.50. The number of hydrogen-bond acceptors (Lipinski definition) is 3. The van der Waals surface area contributed by atoms with Gasteiger partial charge in [-0.1, -0.05) is 12.8 Å². The summed E-state index contributed by atoms with van der Waals surface area (Å²) in [6.45, 7) is 0.878. The Morgan fingerprint density at radius 1 is 1.38 bits per heavy atom. The maximum absolute atomic E-state index is 12.1. The van der Waals surface area contributed by atoms with Crippen LogP contribution < -0.4 is 5.73 Å². The van der Waals surface area contributed by atoms with Crippen molar-refractivity contribution in [2.45, 2.75) is 56.5 Å². The molecule has 1 saturated carbocycles. The van der Waals surface area contributed by atoms with Gasteiger partial charge < -0.3 is 15.7 Å². The average molecular weight is 226 g/mol. The lowest BCUT2D eigenvalue weighted by Gasteiger charge is -2.29. The third-order valence-corrected chi connectivity index (χ3v) is 4.01. The Labute approximate surface area is 96.8 Å². The van der Waals surface area contributed by atoms with Crippen LogP contribution in [0.3, 0.4) is 0 Å². The zero-order chi connectivity index (χ0) is 11.6.